The summed E-state index contributed by atoms with van der Waals surface area (Å²) in [6.45, 7) is 4.28. The van der Waals surface area contributed by atoms with E-state index in [1.807, 2.05) is 12.1 Å². The Labute approximate surface area is 101 Å². The van der Waals surface area contributed by atoms with Crippen molar-refractivity contribution in [1.29, 1.82) is 0 Å². The lowest BCUT2D eigenvalue weighted by molar-refractivity contribution is 0.409. The van der Waals surface area contributed by atoms with Crippen LogP contribution in [-0.2, 0) is 0 Å². The van der Waals surface area contributed by atoms with Gasteiger partial charge in [-0.3, -0.25) is 0 Å². The van der Waals surface area contributed by atoms with Gasteiger partial charge in [-0.05, 0) is 17.5 Å². The third-order valence-electron chi connectivity index (χ3n) is 2.64. The van der Waals surface area contributed by atoms with Gasteiger partial charge in [0.1, 0.15) is 12.1 Å². The van der Waals surface area contributed by atoms with Crippen LogP contribution in [-0.4, -0.2) is 22.3 Å². The molecule has 0 aliphatic rings. The summed E-state index contributed by atoms with van der Waals surface area (Å²) in [4.78, 5) is 4.20. The molecular formula is C13H15N3O. The molecule has 0 saturated heterocycles. The van der Waals surface area contributed by atoms with Gasteiger partial charge >= 0.3 is 0 Å². The maximum Gasteiger partial charge on any atom is 0.138 e. The van der Waals surface area contributed by atoms with Gasteiger partial charge in [0, 0.05) is 5.56 Å². The Morgan fingerprint density at radius 3 is 2.59 bits per heavy atom. The van der Waals surface area contributed by atoms with Gasteiger partial charge in [0.05, 0.1) is 19.0 Å². The second-order valence-corrected chi connectivity index (χ2v) is 4.07. The zero-order valence-electron chi connectivity index (χ0n) is 10.2. The Kier molecular flexibility index (Phi) is 3.32. The predicted molar refractivity (Wildman–Crippen MR) is 65.9 cm³/mol. The molecule has 0 aliphatic heterocycles. The highest BCUT2D eigenvalue weighted by atomic mass is 16.5. The molecular weight excluding hydrogens is 214 g/mol. The summed E-state index contributed by atoms with van der Waals surface area (Å²) in [6, 6.07) is 6.06. The van der Waals surface area contributed by atoms with Crippen molar-refractivity contribution in [2.24, 2.45) is 0 Å². The lowest BCUT2D eigenvalue weighted by Gasteiger charge is -2.15. The second-order valence-electron chi connectivity index (χ2n) is 4.07. The highest BCUT2D eigenvalue weighted by Gasteiger charge is 2.13. The highest BCUT2D eigenvalue weighted by molar-refractivity contribution is 5.68. The van der Waals surface area contributed by atoms with Gasteiger partial charge < -0.3 is 4.74 Å². The summed E-state index contributed by atoms with van der Waals surface area (Å²) in [5.41, 5.74) is 2.90. The van der Waals surface area contributed by atoms with E-state index in [0.29, 0.717) is 5.92 Å². The number of hydrogen-bond acceptors (Lipinski definition) is 4. The molecule has 0 N–H and O–H groups in total. The molecule has 2 rings (SSSR count). The van der Waals surface area contributed by atoms with Crippen LogP contribution in [0.25, 0.3) is 11.3 Å². The van der Waals surface area contributed by atoms with E-state index in [4.69, 9.17) is 4.74 Å². The van der Waals surface area contributed by atoms with Crippen LogP contribution in [0.2, 0.25) is 0 Å². The molecule has 17 heavy (non-hydrogen) atoms. The molecule has 1 aromatic carbocycles. The van der Waals surface area contributed by atoms with Crippen LogP contribution in [0.15, 0.2) is 30.7 Å². The number of benzene rings is 1. The van der Waals surface area contributed by atoms with E-state index in [1.165, 1.54) is 11.9 Å². The van der Waals surface area contributed by atoms with Crippen molar-refractivity contribution in [1.82, 2.24) is 15.2 Å². The number of aromatic nitrogens is 3. The Morgan fingerprint density at radius 1 is 1.18 bits per heavy atom. The molecule has 1 aromatic heterocycles. The quantitative estimate of drug-likeness (QED) is 0.811. The first-order valence-electron chi connectivity index (χ1n) is 5.54. The van der Waals surface area contributed by atoms with Gasteiger partial charge in [-0.1, -0.05) is 26.0 Å². The molecule has 0 atom stereocenters. The Bertz CT molecular complexity index is 497. The zero-order valence-corrected chi connectivity index (χ0v) is 10.2. The molecule has 88 valence electrons. The van der Waals surface area contributed by atoms with E-state index < -0.39 is 0 Å². The molecule has 0 amide bonds. The minimum atomic E-state index is 0.402. The summed E-state index contributed by atoms with van der Waals surface area (Å²) in [7, 11) is 1.68. The molecule has 0 saturated carbocycles. The third-order valence-corrected chi connectivity index (χ3v) is 2.64. The third kappa shape index (κ3) is 2.25. The minimum absolute atomic E-state index is 0.402. The summed E-state index contributed by atoms with van der Waals surface area (Å²) in [5, 5.41) is 7.52. The molecule has 0 unspecified atom stereocenters. The van der Waals surface area contributed by atoms with E-state index in [-0.39, 0.29) is 0 Å². The Balaban J connectivity index is 2.59. The van der Waals surface area contributed by atoms with E-state index in [9.17, 15) is 0 Å². The van der Waals surface area contributed by atoms with Crippen molar-refractivity contribution in [2.75, 3.05) is 7.11 Å². The SMILES string of the molecule is COc1c(-c2cnncn2)cccc1C(C)C. The fourth-order valence-corrected chi connectivity index (χ4v) is 1.82. The first kappa shape index (κ1) is 11.5. The van der Waals surface area contributed by atoms with Crippen LogP contribution >= 0.6 is 0 Å². The van der Waals surface area contributed by atoms with Crippen molar-refractivity contribution < 1.29 is 4.74 Å². The van der Waals surface area contributed by atoms with Crippen molar-refractivity contribution in [3.8, 4) is 17.0 Å². The normalized spacial score (nSPS) is 10.6. The number of rotatable bonds is 3. The smallest absolute Gasteiger partial charge is 0.138 e. The summed E-state index contributed by atoms with van der Waals surface area (Å²) >= 11 is 0. The number of para-hydroxylation sites is 1. The number of ether oxygens (including phenoxy) is 1. The molecule has 2 aromatic rings. The fourth-order valence-electron chi connectivity index (χ4n) is 1.82. The number of nitrogens with zero attached hydrogens (tertiary/aromatic N) is 3. The largest absolute Gasteiger partial charge is 0.496 e. The van der Waals surface area contributed by atoms with Gasteiger partial charge in [-0.25, -0.2) is 4.98 Å². The average Bonchev–Trinajstić information content (AvgIpc) is 2.38. The highest BCUT2D eigenvalue weighted by Crippen LogP contribution is 2.35. The maximum atomic E-state index is 5.50. The first-order chi connectivity index (χ1) is 8.24. The first-order valence-corrected chi connectivity index (χ1v) is 5.54. The summed E-state index contributed by atoms with van der Waals surface area (Å²) in [6.07, 6.45) is 3.08. The lowest BCUT2D eigenvalue weighted by Crippen LogP contribution is -1.98. The fraction of sp³-hybridized carbons (Fsp3) is 0.308. The molecule has 0 radical (unpaired) electrons. The molecule has 0 fully saturated rings. The molecule has 1 heterocycles. The molecule has 0 aliphatic carbocycles. The topological polar surface area (TPSA) is 47.9 Å². The Morgan fingerprint density at radius 2 is 2.00 bits per heavy atom. The van der Waals surface area contributed by atoms with Crippen LogP contribution in [0.5, 0.6) is 5.75 Å². The zero-order chi connectivity index (χ0) is 12.3. The molecule has 0 bridgehead atoms. The van der Waals surface area contributed by atoms with E-state index in [0.717, 1.165) is 17.0 Å². The van der Waals surface area contributed by atoms with Gasteiger partial charge in [0.25, 0.3) is 0 Å². The van der Waals surface area contributed by atoms with Gasteiger partial charge in [-0.2, -0.15) is 5.10 Å². The lowest BCUT2D eigenvalue weighted by atomic mass is 9.98. The molecule has 4 nitrogen and oxygen atoms in total. The summed E-state index contributed by atoms with van der Waals surface area (Å²) < 4.78 is 5.50. The maximum absolute atomic E-state index is 5.50. The number of hydrogen-bond donors (Lipinski definition) is 0. The van der Waals surface area contributed by atoms with Crippen LogP contribution in [0.4, 0.5) is 0 Å². The van der Waals surface area contributed by atoms with Gasteiger partial charge in [0.15, 0.2) is 0 Å². The number of methoxy groups -OCH3 is 1. The van der Waals surface area contributed by atoms with Crippen LogP contribution in [0, 0.1) is 0 Å². The minimum Gasteiger partial charge on any atom is -0.496 e. The van der Waals surface area contributed by atoms with Crippen LogP contribution < -0.4 is 4.74 Å². The molecule has 4 heteroatoms. The second kappa shape index (κ2) is 4.91. The monoisotopic (exact) mass is 229 g/mol. The standard InChI is InChI=1S/C13H15N3O/c1-9(2)10-5-4-6-11(13(10)17-3)12-7-15-16-8-14-12/h4-9H,1-3H3. The van der Waals surface area contributed by atoms with E-state index in [1.54, 1.807) is 13.3 Å². The van der Waals surface area contributed by atoms with E-state index in [2.05, 4.69) is 35.1 Å². The predicted octanol–water partition coefficient (Wildman–Crippen LogP) is 2.67. The molecule has 0 spiro atoms. The average molecular weight is 229 g/mol. The van der Waals surface area contributed by atoms with Crippen LogP contribution in [0.1, 0.15) is 25.3 Å². The van der Waals surface area contributed by atoms with Crippen molar-refractivity contribution in [2.45, 2.75) is 19.8 Å². The van der Waals surface area contributed by atoms with Gasteiger partial charge in [0.2, 0.25) is 0 Å². The van der Waals surface area contributed by atoms with Crippen molar-refractivity contribution in [3.63, 3.8) is 0 Å². The van der Waals surface area contributed by atoms with Crippen LogP contribution in [0.3, 0.4) is 0 Å². The Hall–Kier alpha value is -1.97. The van der Waals surface area contributed by atoms with Crippen molar-refractivity contribution in [3.05, 3.63) is 36.3 Å². The van der Waals surface area contributed by atoms with Crippen molar-refractivity contribution >= 4 is 0 Å². The van der Waals surface area contributed by atoms with Gasteiger partial charge in [-0.15, -0.1) is 5.10 Å². The van der Waals surface area contributed by atoms with E-state index >= 15 is 0 Å². The summed E-state index contributed by atoms with van der Waals surface area (Å²) in [5.74, 6) is 1.27.